The van der Waals surface area contributed by atoms with Crippen LogP contribution in [-0.4, -0.2) is 6.04 Å². The van der Waals surface area contributed by atoms with Gasteiger partial charge in [0.2, 0.25) is 0 Å². The van der Waals surface area contributed by atoms with Gasteiger partial charge in [0.15, 0.2) is 0 Å². The lowest BCUT2D eigenvalue weighted by Crippen LogP contribution is -2.29. The van der Waals surface area contributed by atoms with Crippen molar-refractivity contribution >= 4 is 0 Å². The summed E-state index contributed by atoms with van der Waals surface area (Å²) in [7, 11) is 0. The van der Waals surface area contributed by atoms with E-state index >= 15 is 0 Å². The van der Waals surface area contributed by atoms with Crippen LogP contribution in [0.4, 0.5) is 8.78 Å². The molecule has 1 rings (SSSR count). The van der Waals surface area contributed by atoms with Crippen LogP contribution in [0, 0.1) is 11.6 Å². The van der Waals surface area contributed by atoms with Crippen LogP contribution in [0.15, 0.2) is 18.2 Å². The Morgan fingerprint density at radius 2 is 1.57 bits per heavy atom. The first kappa shape index (κ1) is 18.1. The fourth-order valence-corrected chi connectivity index (χ4v) is 2.56. The number of rotatable bonds is 11. The van der Waals surface area contributed by atoms with Crippen molar-refractivity contribution in [3.05, 3.63) is 35.4 Å². The quantitative estimate of drug-likeness (QED) is 0.525. The number of benzene rings is 1. The maximum atomic E-state index is 13.6. The van der Waals surface area contributed by atoms with Gasteiger partial charge in [0.05, 0.1) is 0 Å². The third-order valence-electron chi connectivity index (χ3n) is 3.90. The molecule has 1 nitrogen and oxygen atoms in total. The number of hydrogen-bond donors (Lipinski definition) is 1. The van der Waals surface area contributed by atoms with Gasteiger partial charge in [-0.05, 0) is 31.0 Å². The maximum Gasteiger partial charge on any atom is 0.127 e. The summed E-state index contributed by atoms with van der Waals surface area (Å²) in [5.41, 5.74) is 0.422. The molecule has 0 unspecified atom stereocenters. The van der Waals surface area contributed by atoms with Gasteiger partial charge in [-0.1, -0.05) is 52.4 Å². The largest absolute Gasteiger partial charge is 0.310 e. The van der Waals surface area contributed by atoms with Crippen molar-refractivity contribution in [2.75, 3.05) is 0 Å². The molecule has 0 heterocycles. The van der Waals surface area contributed by atoms with Crippen LogP contribution in [0.5, 0.6) is 0 Å². The van der Waals surface area contributed by atoms with Gasteiger partial charge >= 0.3 is 0 Å². The van der Waals surface area contributed by atoms with Crippen molar-refractivity contribution in [3.63, 3.8) is 0 Å². The minimum absolute atomic E-state index is 0.329. The fourth-order valence-electron chi connectivity index (χ4n) is 2.56. The molecule has 0 bridgehead atoms. The number of nitrogens with one attached hydrogen (secondary N) is 1. The first-order valence-corrected chi connectivity index (χ1v) is 8.34. The fraction of sp³-hybridized carbons (Fsp3) is 0.667. The van der Waals surface area contributed by atoms with Gasteiger partial charge in [0.1, 0.15) is 11.6 Å². The predicted molar refractivity (Wildman–Crippen MR) is 85.3 cm³/mol. The molecule has 0 aliphatic heterocycles. The molecule has 0 radical (unpaired) electrons. The van der Waals surface area contributed by atoms with Crippen LogP contribution in [-0.2, 0) is 6.54 Å². The Morgan fingerprint density at radius 3 is 2.14 bits per heavy atom. The second kappa shape index (κ2) is 10.7. The first-order chi connectivity index (χ1) is 10.2. The highest BCUT2D eigenvalue weighted by molar-refractivity contribution is 5.18. The lowest BCUT2D eigenvalue weighted by atomic mass is 10.0. The van der Waals surface area contributed by atoms with Gasteiger partial charge in [-0.25, -0.2) is 8.78 Å². The van der Waals surface area contributed by atoms with Crippen molar-refractivity contribution < 1.29 is 8.78 Å². The first-order valence-electron chi connectivity index (χ1n) is 8.34. The smallest absolute Gasteiger partial charge is 0.127 e. The second-order valence-electron chi connectivity index (χ2n) is 5.81. The Bertz CT molecular complexity index is 383. The molecule has 0 fully saturated rings. The summed E-state index contributed by atoms with van der Waals surface area (Å²) >= 11 is 0. The van der Waals surface area contributed by atoms with E-state index in [-0.39, 0.29) is 11.6 Å². The summed E-state index contributed by atoms with van der Waals surface area (Å²) in [5.74, 6) is -0.702. The van der Waals surface area contributed by atoms with Crippen LogP contribution in [0.3, 0.4) is 0 Å². The lowest BCUT2D eigenvalue weighted by molar-refractivity contribution is 0.413. The van der Waals surface area contributed by atoms with E-state index in [2.05, 4.69) is 19.2 Å². The van der Waals surface area contributed by atoms with E-state index in [1.807, 2.05) is 0 Å². The van der Waals surface area contributed by atoms with Crippen molar-refractivity contribution in [3.8, 4) is 0 Å². The Balaban J connectivity index is 2.47. The predicted octanol–water partition coefficient (Wildman–Crippen LogP) is 5.58. The summed E-state index contributed by atoms with van der Waals surface area (Å²) in [6.07, 6.45) is 9.53. The molecule has 0 aromatic heterocycles. The van der Waals surface area contributed by atoms with Crippen molar-refractivity contribution in [2.24, 2.45) is 0 Å². The molecule has 3 heteroatoms. The van der Waals surface area contributed by atoms with E-state index in [0.717, 1.165) is 12.8 Å². The molecule has 120 valence electrons. The summed E-state index contributed by atoms with van der Waals surface area (Å²) < 4.78 is 26.8. The normalized spacial score (nSPS) is 11.3. The standard InChI is InChI=1S/C18H29F2N/c1-3-5-7-9-17(10-8-6-4-2)21-14-15-13-16(19)11-12-18(15)20/h11-13,17,21H,3-10,14H2,1-2H3. The average Bonchev–Trinajstić information content (AvgIpc) is 2.47. The average molecular weight is 297 g/mol. The molecule has 0 aliphatic carbocycles. The molecule has 1 N–H and O–H groups in total. The molecule has 0 atom stereocenters. The van der Waals surface area contributed by atoms with E-state index in [1.54, 1.807) is 0 Å². The summed E-state index contributed by atoms with van der Waals surface area (Å²) in [4.78, 5) is 0. The van der Waals surface area contributed by atoms with E-state index in [0.29, 0.717) is 18.2 Å². The summed E-state index contributed by atoms with van der Waals surface area (Å²) in [6, 6.07) is 4.07. The maximum absolute atomic E-state index is 13.6. The van der Waals surface area contributed by atoms with Crippen molar-refractivity contribution in [1.29, 1.82) is 0 Å². The number of unbranched alkanes of at least 4 members (excludes halogenated alkanes) is 4. The zero-order chi connectivity index (χ0) is 15.5. The SMILES string of the molecule is CCCCCC(CCCCC)NCc1cc(F)ccc1F. The monoisotopic (exact) mass is 297 g/mol. The van der Waals surface area contributed by atoms with Crippen LogP contribution in [0.2, 0.25) is 0 Å². The molecular formula is C18H29F2N. The number of halogens is 2. The molecular weight excluding hydrogens is 268 g/mol. The highest BCUT2D eigenvalue weighted by atomic mass is 19.1. The lowest BCUT2D eigenvalue weighted by Gasteiger charge is -2.19. The van der Waals surface area contributed by atoms with Gasteiger partial charge in [-0.15, -0.1) is 0 Å². The zero-order valence-electron chi connectivity index (χ0n) is 13.4. The third kappa shape index (κ3) is 7.56. The minimum atomic E-state index is -0.373. The van der Waals surface area contributed by atoms with Crippen LogP contribution in [0.1, 0.15) is 70.8 Å². The molecule has 0 amide bonds. The Kier molecular flexibility index (Phi) is 9.24. The van der Waals surface area contributed by atoms with E-state index in [9.17, 15) is 8.78 Å². The van der Waals surface area contributed by atoms with E-state index in [4.69, 9.17) is 0 Å². The molecule has 0 aliphatic rings. The summed E-state index contributed by atoms with van der Waals surface area (Å²) in [6.45, 7) is 4.80. The molecule has 0 saturated heterocycles. The topological polar surface area (TPSA) is 12.0 Å². The van der Waals surface area contributed by atoms with E-state index < -0.39 is 0 Å². The Hall–Kier alpha value is -0.960. The number of hydrogen-bond acceptors (Lipinski definition) is 1. The Morgan fingerprint density at radius 1 is 0.952 bits per heavy atom. The molecule has 21 heavy (non-hydrogen) atoms. The third-order valence-corrected chi connectivity index (χ3v) is 3.90. The molecule has 0 spiro atoms. The van der Waals surface area contributed by atoms with Gasteiger partial charge in [0.25, 0.3) is 0 Å². The Labute approximate surface area is 128 Å². The minimum Gasteiger partial charge on any atom is -0.310 e. The highest BCUT2D eigenvalue weighted by Crippen LogP contribution is 2.14. The zero-order valence-corrected chi connectivity index (χ0v) is 13.4. The van der Waals surface area contributed by atoms with Gasteiger partial charge < -0.3 is 5.32 Å². The van der Waals surface area contributed by atoms with Crippen molar-refractivity contribution in [2.45, 2.75) is 77.8 Å². The van der Waals surface area contributed by atoms with Gasteiger partial charge in [-0.3, -0.25) is 0 Å². The van der Waals surface area contributed by atoms with Gasteiger partial charge in [-0.2, -0.15) is 0 Å². The van der Waals surface area contributed by atoms with Crippen LogP contribution < -0.4 is 5.32 Å². The van der Waals surface area contributed by atoms with E-state index in [1.165, 1.54) is 56.7 Å². The van der Waals surface area contributed by atoms with Crippen LogP contribution in [0.25, 0.3) is 0 Å². The second-order valence-corrected chi connectivity index (χ2v) is 5.81. The van der Waals surface area contributed by atoms with Crippen LogP contribution >= 0.6 is 0 Å². The molecule has 1 aromatic rings. The van der Waals surface area contributed by atoms with Crippen molar-refractivity contribution in [1.82, 2.24) is 5.32 Å². The highest BCUT2D eigenvalue weighted by Gasteiger charge is 2.10. The molecule has 0 saturated carbocycles. The molecule has 1 aromatic carbocycles. The summed E-state index contributed by atoms with van der Waals surface area (Å²) in [5, 5.41) is 3.42. The van der Waals surface area contributed by atoms with Gasteiger partial charge in [0, 0.05) is 18.2 Å².